The van der Waals surface area contributed by atoms with Crippen molar-refractivity contribution in [2.75, 3.05) is 6.26 Å². The van der Waals surface area contributed by atoms with E-state index in [1.807, 2.05) is 30.5 Å². The lowest BCUT2D eigenvalue weighted by atomic mass is 9.96. The summed E-state index contributed by atoms with van der Waals surface area (Å²) < 4.78 is 7.82. The van der Waals surface area contributed by atoms with Gasteiger partial charge in [0.25, 0.3) is 5.56 Å². The number of rotatable bonds is 5. The monoisotopic (exact) mass is 592 g/mol. The normalized spacial score (nSPS) is 15.9. The maximum atomic E-state index is 13.7. The summed E-state index contributed by atoms with van der Waals surface area (Å²) in [5.41, 5.74) is 1.66. The second-order valence-corrected chi connectivity index (χ2v) is 11.3. The van der Waals surface area contributed by atoms with Gasteiger partial charge in [-0.2, -0.15) is 0 Å². The Balaban J connectivity index is 1.96. The van der Waals surface area contributed by atoms with Crippen LogP contribution in [0.4, 0.5) is 0 Å². The minimum Gasteiger partial charge on any atom is -0.506 e. The maximum absolute atomic E-state index is 13.7. The largest absolute Gasteiger partial charge is 0.506 e. The first-order valence-electron chi connectivity index (χ1n) is 10.7. The fraction of sp³-hybridized carbons (Fsp3) is 0.240. The second-order valence-electron chi connectivity index (χ2n) is 8.13. The molecule has 1 N–H and O–H groups in total. The van der Waals surface area contributed by atoms with Gasteiger partial charge in [0.2, 0.25) is 0 Å². The van der Waals surface area contributed by atoms with Crippen LogP contribution in [0.5, 0.6) is 5.75 Å². The molecule has 1 aliphatic heterocycles. The molecule has 0 saturated carbocycles. The van der Waals surface area contributed by atoms with Gasteiger partial charge in [-0.3, -0.25) is 9.36 Å². The average Bonchev–Trinajstić information content (AvgIpc) is 3.10. The number of thioether (sulfide) groups is 1. The van der Waals surface area contributed by atoms with Gasteiger partial charge in [-0.25, -0.2) is 9.79 Å². The minimum atomic E-state index is -0.699. The lowest BCUT2D eigenvalue weighted by Gasteiger charge is -2.25. The number of allylic oxidation sites excluding steroid dienone is 1. The molecule has 182 valence electrons. The third-order valence-corrected chi connectivity index (χ3v) is 7.91. The van der Waals surface area contributed by atoms with Crippen molar-refractivity contribution in [2.24, 2.45) is 4.99 Å². The standard InChI is InChI=1S/C25H22BrClN2O4S2/c1-12(2)33-24(32)20-13(3)28-25-29(21(20)14-5-7-17(34-4)8-6-14)23(31)19(35-25)10-15-9-16(27)11-18(26)22(15)30/h5-12,21,30H,1-4H3/b19-10-/t21-/m0/s1. The molecular formula is C25H22BrClN2O4S2. The number of benzene rings is 2. The Morgan fingerprint density at radius 1 is 1.31 bits per heavy atom. The molecule has 0 spiro atoms. The zero-order valence-electron chi connectivity index (χ0n) is 19.3. The SMILES string of the molecule is CSc1ccc([C@H]2C(C(=O)OC(C)C)=C(C)N=c3s/c(=C\c4cc(Cl)cc(Br)c4O)c(=O)n32)cc1. The highest BCUT2D eigenvalue weighted by Crippen LogP contribution is 2.33. The van der Waals surface area contributed by atoms with Crippen LogP contribution in [0.1, 0.15) is 37.9 Å². The lowest BCUT2D eigenvalue weighted by Crippen LogP contribution is -2.40. The van der Waals surface area contributed by atoms with Crippen molar-refractivity contribution in [1.82, 2.24) is 4.57 Å². The topological polar surface area (TPSA) is 80.9 Å². The summed E-state index contributed by atoms with van der Waals surface area (Å²) in [6, 6.07) is 10.2. The Morgan fingerprint density at radius 3 is 2.63 bits per heavy atom. The van der Waals surface area contributed by atoms with E-state index >= 15 is 0 Å². The van der Waals surface area contributed by atoms with E-state index in [1.165, 1.54) is 15.9 Å². The van der Waals surface area contributed by atoms with Gasteiger partial charge in [0.15, 0.2) is 4.80 Å². The molecule has 2 heterocycles. The Kier molecular flexibility index (Phi) is 7.61. The minimum absolute atomic E-state index is 0.0261. The van der Waals surface area contributed by atoms with Crippen molar-refractivity contribution in [2.45, 2.75) is 37.8 Å². The lowest BCUT2D eigenvalue weighted by molar-refractivity contribution is -0.143. The highest BCUT2D eigenvalue weighted by atomic mass is 79.9. The van der Waals surface area contributed by atoms with Gasteiger partial charge < -0.3 is 9.84 Å². The summed E-state index contributed by atoms with van der Waals surface area (Å²) in [5.74, 6) is -0.535. The van der Waals surface area contributed by atoms with E-state index < -0.39 is 12.0 Å². The molecule has 0 aliphatic carbocycles. The number of aromatic nitrogens is 1. The van der Waals surface area contributed by atoms with E-state index in [0.717, 1.165) is 10.5 Å². The van der Waals surface area contributed by atoms with E-state index in [9.17, 15) is 14.7 Å². The first kappa shape index (κ1) is 25.8. The van der Waals surface area contributed by atoms with E-state index in [1.54, 1.807) is 50.7 Å². The molecule has 0 amide bonds. The molecule has 0 radical (unpaired) electrons. The molecule has 1 atom stereocenters. The van der Waals surface area contributed by atoms with Crippen molar-refractivity contribution < 1.29 is 14.6 Å². The smallest absolute Gasteiger partial charge is 0.338 e. The number of nitrogens with zero attached hydrogens (tertiary/aromatic N) is 2. The van der Waals surface area contributed by atoms with Gasteiger partial charge in [0, 0.05) is 15.5 Å². The van der Waals surface area contributed by atoms with Gasteiger partial charge in [-0.1, -0.05) is 35.1 Å². The molecule has 0 saturated heterocycles. The number of ether oxygens (including phenoxy) is 1. The van der Waals surface area contributed by atoms with Crippen LogP contribution in [-0.4, -0.2) is 28.0 Å². The van der Waals surface area contributed by atoms with E-state index in [4.69, 9.17) is 16.3 Å². The van der Waals surface area contributed by atoms with Crippen molar-refractivity contribution in [3.63, 3.8) is 0 Å². The van der Waals surface area contributed by atoms with E-state index in [0.29, 0.717) is 35.7 Å². The molecule has 3 aromatic rings. The van der Waals surface area contributed by atoms with Gasteiger partial charge in [-0.05, 0) is 78.9 Å². The van der Waals surface area contributed by atoms with Crippen LogP contribution < -0.4 is 14.9 Å². The van der Waals surface area contributed by atoms with Gasteiger partial charge in [-0.15, -0.1) is 11.8 Å². The molecule has 0 fully saturated rings. The van der Waals surface area contributed by atoms with Crippen molar-refractivity contribution in [1.29, 1.82) is 0 Å². The average molecular weight is 594 g/mol. The van der Waals surface area contributed by atoms with Crippen LogP contribution in [-0.2, 0) is 9.53 Å². The Labute approximate surface area is 223 Å². The van der Waals surface area contributed by atoms with Gasteiger partial charge in [0.05, 0.1) is 32.4 Å². The third kappa shape index (κ3) is 5.14. The fourth-order valence-electron chi connectivity index (χ4n) is 3.80. The number of hydrogen-bond donors (Lipinski definition) is 1. The van der Waals surface area contributed by atoms with Gasteiger partial charge >= 0.3 is 5.97 Å². The zero-order chi connectivity index (χ0) is 25.4. The number of thiazole rings is 1. The van der Waals surface area contributed by atoms with Crippen LogP contribution in [0.2, 0.25) is 5.02 Å². The maximum Gasteiger partial charge on any atom is 0.338 e. The summed E-state index contributed by atoms with van der Waals surface area (Å²) in [4.78, 5) is 32.9. The highest BCUT2D eigenvalue weighted by Gasteiger charge is 2.33. The van der Waals surface area contributed by atoms with Gasteiger partial charge in [0.1, 0.15) is 5.75 Å². The fourth-order valence-corrected chi connectivity index (χ4v) is 6.08. The molecule has 10 heteroatoms. The predicted molar refractivity (Wildman–Crippen MR) is 144 cm³/mol. The molecule has 4 rings (SSSR count). The Bertz CT molecular complexity index is 1520. The first-order valence-corrected chi connectivity index (χ1v) is 13.9. The predicted octanol–water partition coefficient (Wildman–Crippen LogP) is 5.03. The number of esters is 1. The van der Waals surface area contributed by atoms with E-state index in [2.05, 4.69) is 20.9 Å². The summed E-state index contributed by atoms with van der Waals surface area (Å²) in [7, 11) is 0. The zero-order valence-corrected chi connectivity index (χ0v) is 23.3. The molecular weight excluding hydrogens is 572 g/mol. The number of carbonyl (C=O) groups is 1. The van der Waals surface area contributed by atoms with Crippen molar-refractivity contribution in [3.8, 4) is 5.75 Å². The molecule has 0 unspecified atom stereocenters. The summed E-state index contributed by atoms with van der Waals surface area (Å²) in [5, 5.41) is 10.9. The third-order valence-electron chi connectivity index (χ3n) is 5.36. The number of halogens is 2. The van der Waals surface area contributed by atoms with E-state index in [-0.39, 0.29) is 17.4 Å². The van der Waals surface area contributed by atoms with Crippen LogP contribution in [0.15, 0.2) is 66.8 Å². The van der Waals surface area contributed by atoms with Crippen LogP contribution in [0, 0.1) is 0 Å². The second kappa shape index (κ2) is 10.3. The molecule has 35 heavy (non-hydrogen) atoms. The summed E-state index contributed by atoms with van der Waals surface area (Å²) >= 11 is 12.2. The first-order chi connectivity index (χ1) is 16.6. The number of fused-ring (bicyclic) bond motifs is 1. The Morgan fingerprint density at radius 2 is 2.00 bits per heavy atom. The van der Waals surface area contributed by atoms with Crippen molar-refractivity contribution in [3.05, 3.63) is 88.0 Å². The number of carbonyl (C=O) groups excluding carboxylic acids is 1. The van der Waals surface area contributed by atoms with Crippen LogP contribution in [0.25, 0.3) is 6.08 Å². The Hall–Kier alpha value is -2.33. The molecule has 1 aliphatic rings. The molecule has 6 nitrogen and oxygen atoms in total. The highest BCUT2D eigenvalue weighted by molar-refractivity contribution is 9.10. The van der Waals surface area contributed by atoms with Crippen molar-refractivity contribution >= 4 is 62.7 Å². The number of hydrogen-bond acceptors (Lipinski definition) is 7. The molecule has 0 bridgehead atoms. The summed E-state index contributed by atoms with van der Waals surface area (Å²) in [6.45, 7) is 5.30. The van der Waals surface area contributed by atoms with Crippen LogP contribution in [0.3, 0.4) is 0 Å². The molecule has 1 aromatic heterocycles. The summed E-state index contributed by atoms with van der Waals surface area (Å²) in [6.07, 6.45) is 3.24. The number of aromatic hydroxyl groups is 1. The van der Waals surface area contributed by atoms with Crippen LogP contribution >= 0.6 is 50.6 Å². The quantitative estimate of drug-likeness (QED) is 0.332. The number of phenolic OH excluding ortho intramolecular Hbond substituents is 1. The number of phenols is 1. The molecule has 2 aromatic carbocycles.